The molecule has 0 saturated heterocycles. The van der Waals surface area contributed by atoms with Crippen molar-refractivity contribution in [2.75, 3.05) is 7.11 Å². The molecule has 1 aromatic heterocycles. The second kappa shape index (κ2) is 8.03. The molecule has 2 aromatic rings. The first-order valence-electron chi connectivity index (χ1n) is 6.93. The van der Waals surface area contributed by atoms with E-state index in [0.29, 0.717) is 4.88 Å². The number of esters is 1. The van der Waals surface area contributed by atoms with Gasteiger partial charge in [-0.25, -0.2) is 13.2 Å². The molecule has 1 aromatic carbocycles. The summed E-state index contributed by atoms with van der Waals surface area (Å²) in [5, 5.41) is 0. The van der Waals surface area contributed by atoms with Gasteiger partial charge in [-0.15, -0.1) is 11.3 Å². The molecule has 0 spiro atoms. The Morgan fingerprint density at radius 1 is 1.28 bits per heavy atom. The van der Waals surface area contributed by atoms with Crippen LogP contribution in [0.25, 0.3) is 5.53 Å². The summed E-state index contributed by atoms with van der Waals surface area (Å²) >= 11 is 4.48. The predicted molar refractivity (Wildman–Crippen MR) is 96.9 cm³/mol. The average molecular weight is 444 g/mol. The third kappa shape index (κ3) is 4.62. The van der Waals surface area contributed by atoms with E-state index in [0.717, 1.165) is 16.5 Å². The van der Waals surface area contributed by atoms with E-state index in [1.54, 1.807) is 24.3 Å². The highest BCUT2D eigenvalue weighted by Crippen LogP contribution is 2.29. The zero-order valence-corrected chi connectivity index (χ0v) is 16.5. The van der Waals surface area contributed by atoms with Crippen LogP contribution in [-0.4, -0.2) is 32.0 Å². The zero-order chi connectivity index (χ0) is 18.6. The molecule has 1 unspecified atom stereocenters. The Kier molecular flexibility index (Phi) is 6.26. The SMILES string of the molecule is COC(=O)C(=[N+]=[N-])C(NS(=O)(=O)c1ccc(C)cc1)c1ccc(Br)s1. The van der Waals surface area contributed by atoms with Gasteiger partial charge >= 0.3 is 11.7 Å². The van der Waals surface area contributed by atoms with Gasteiger partial charge in [0.1, 0.15) is 0 Å². The molecule has 7 nitrogen and oxygen atoms in total. The van der Waals surface area contributed by atoms with E-state index in [1.165, 1.54) is 23.5 Å². The highest BCUT2D eigenvalue weighted by atomic mass is 79.9. The van der Waals surface area contributed by atoms with Crippen molar-refractivity contribution in [3.8, 4) is 0 Å². The number of sulfonamides is 1. The van der Waals surface area contributed by atoms with Gasteiger partial charge in [0.2, 0.25) is 10.0 Å². The van der Waals surface area contributed by atoms with Crippen molar-refractivity contribution in [1.29, 1.82) is 0 Å². The Hall–Kier alpha value is -1.84. The van der Waals surface area contributed by atoms with Gasteiger partial charge in [0.05, 0.1) is 15.8 Å². The number of carbonyl (C=O) groups excluding carboxylic acids is 1. The minimum absolute atomic E-state index is 0.0286. The van der Waals surface area contributed by atoms with Crippen LogP contribution in [0, 0.1) is 6.92 Å². The van der Waals surface area contributed by atoms with E-state index in [2.05, 4.69) is 30.2 Å². The standard InChI is InChI=1S/C15H14BrN3O4S2/c1-9-3-5-10(6-4-9)25(21,22)19-13(11-7-8-12(16)24-11)14(18-17)15(20)23-2/h3-8,13,19H,1-2H3. The van der Waals surface area contributed by atoms with Gasteiger partial charge < -0.3 is 10.3 Å². The third-order valence-electron chi connectivity index (χ3n) is 3.26. The van der Waals surface area contributed by atoms with Crippen LogP contribution in [0.3, 0.4) is 0 Å². The van der Waals surface area contributed by atoms with Gasteiger partial charge in [-0.3, -0.25) is 0 Å². The minimum atomic E-state index is -3.97. The van der Waals surface area contributed by atoms with Gasteiger partial charge in [0.15, 0.2) is 6.04 Å². The quantitative estimate of drug-likeness (QED) is 0.320. The summed E-state index contributed by atoms with van der Waals surface area (Å²) < 4.78 is 33.0. The van der Waals surface area contributed by atoms with E-state index in [1.807, 2.05) is 6.92 Å². The van der Waals surface area contributed by atoms with Crippen LogP contribution < -0.4 is 4.72 Å². The van der Waals surface area contributed by atoms with Crippen molar-refractivity contribution in [3.05, 3.63) is 56.2 Å². The number of rotatable bonds is 6. The number of carbonyl (C=O) groups is 1. The number of halogens is 1. The molecule has 2 rings (SSSR count). The average Bonchev–Trinajstić information content (AvgIpc) is 3.01. The molecule has 1 atom stereocenters. The van der Waals surface area contributed by atoms with Crippen LogP contribution in [-0.2, 0) is 19.6 Å². The van der Waals surface area contributed by atoms with Crippen LogP contribution >= 0.6 is 27.3 Å². The van der Waals surface area contributed by atoms with Crippen molar-refractivity contribution >= 4 is 49.0 Å². The predicted octanol–water partition coefficient (Wildman–Crippen LogP) is 2.68. The topological polar surface area (TPSA) is 109 Å². The lowest BCUT2D eigenvalue weighted by Gasteiger charge is -2.13. The highest BCUT2D eigenvalue weighted by molar-refractivity contribution is 9.11. The Balaban J connectivity index is 2.47. The first kappa shape index (κ1) is 19.5. The lowest BCUT2D eigenvalue weighted by atomic mass is 10.1. The van der Waals surface area contributed by atoms with Crippen molar-refractivity contribution in [2.24, 2.45) is 0 Å². The lowest BCUT2D eigenvalue weighted by Crippen LogP contribution is -2.38. The molecule has 0 aliphatic carbocycles. The number of benzene rings is 1. The van der Waals surface area contributed by atoms with Gasteiger partial charge in [0, 0.05) is 4.88 Å². The van der Waals surface area contributed by atoms with E-state index in [9.17, 15) is 18.7 Å². The molecule has 0 fully saturated rings. The molecule has 0 bridgehead atoms. The fraction of sp³-hybridized carbons (Fsp3) is 0.200. The number of hydrogen-bond donors (Lipinski definition) is 1. The maximum absolute atomic E-state index is 12.7. The van der Waals surface area contributed by atoms with Crippen LogP contribution in [0.15, 0.2) is 45.1 Å². The lowest BCUT2D eigenvalue weighted by molar-refractivity contribution is -0.138. The van der Waals surface area contributed by atoms with E-state index < -0.39 is 27.7 Å². The molecule has 0 saturated carbocycles. The molecule has 1 N–H and O–H groups in total. The second-order valence-corrected chi connectivity index (χ2v) is 9.19. The normalized spacial score (nSPS) is 12.3. The summed E-state index contributed by atoms with van der Waals surface area (Å²) in [5.41, 5.74) is 9.66. The summed E-state index contributed by atoms with van der Waals surface area (Å²) in [7, 11) is -2.86. The number of methoxy groups -OCH3 is 1. The van der Waals surface area contributed by atoms with Crippen molar-refractivity contribution in [1.82, 2.24) is 4.72 Å². The monoisotopic (exact) mass is 443 g/mol. The first-order valence-corrected chi connectivity index (χ1v) is 10.0. The number of hydrogen-bond acceptors (Lipinski definition) is 5. The number of thiophene rings is 1. The number of aryl methyl sites for hydroxylation is 1. The number of ether oxygens (including phenoxy) is 1. The molecule has 0 amide bonds. The van der Waals surface area contributed by atoms with Crippen LogP contribution in [0.4, 0.5) is 0 Å². The molecule has 25 heavy (non-hydrogen) atoms. The third-order valence-corrected chi connectivity index (χ3v) is 6.39. The van der Waals surface area contributed by atoms with Crippen molar-refractivity contribution in [3.63, 3.8) is 0 Å². The van der Waals surface area contributed by atoms with Crippen LogP contribution in [0.5, 0.6) is 0 Å². The fourth-order valence-corrected chi connectivity index (χ4v) is 4.73. The largest absolute Gasteiger partial charge is 0.460 e. The highest BCUT2D eigenvalue weighted by Gasteiger charge is 2.38. The number of nitrogens with one attached hydrogen (secondary N) is 1. The van der Waals surface area contributed by atoms with Gasteiger partial charge in [-0.2, -0.15) is 9.51 Å². The van der Waals surface area contributed by atoms with E-state index in [-0.39, 0.29) is 4.90 Å². The molecule has 0 radical (unpaired) electrons. The molecule has 0 aliphatic heterocycles. The summed E-state index contributed by atoms with van der Waals surface area (Å²) in [5.74, 6) is -0.941. The molecular formula is C15H14BrN3O4S2. The second-order valence-electron chi connectivity index (χ2n) is 4.99. The summed E-state index contributed by atoms with van der Waals surface area (Å²) in [6, 6.07) is 8.34. The summed E-state index contributed by atoms with van der Waals surface area (Å²) in [4.78, 5) is 15.3. The van der Waals surface area contributed by atoms with Gasteiger partial charge in [0.25, 0.3) is 0 Å². The van der Waals surface area contributed by atoms with Crippen molar-refractivity contribution < 1.29 is 22.7 Å². The zero-order valence-electron chi connectivity index (χ0n) is 13.3. The molecule has 10 heteroatoms. The summed E-state index contributed by atoms with van der Waals surface area (Å²) in [6.45, 7) is 1.84. The molecule has 1 heterocycles. The summed E-state index contributed by atoms with van der Waals surface area (Å²) in [6.07, 6.45) is 0. The van der Waals surface area contributed by atoms with Gasteiger partial charge in [-0.05, 0) is 47.1 Å². The first-order chi connectivity index (χ1) is 11.8. The van der Waals surface area contributed by atoms with Crippen LogP contribution in [0.2, 0.25) is 0 Å². The van der Waals surface area contributed by atoms with Crippen molar-refractivity contribution in [2.45, 2.75) is 17.9 Å². The maximum atomic E-state index is 12.7. The molecule has 132 valence electrons. The molecular weight excluding hydrogens is 430 g/mol. The smallest absolute Gasteiger partial charge is 0.418 e. The number of nitrogens with zero attached hydrogens (tertiary/aromatic N) is 2. The fourth-order valence-electron chi connectivity index (χ4n) is 1.99. The minimum Gasteiger partial charge on any atom is -0.460 e. The Morgan fingerprint density at radius 3 is 2.40 bits per heavy atom. The Labute approximate surface area is 157 Å². The van der Waals surface area contributed by atoms with Gasteiger partial charge in [-0.1, -0.05) is 17.7 Å². The Morgan fingerprint density at radius 2 is 1.92 bits per heavy atom. The van der Waals surface area contributed by atoms with E-state index in [4.69, 9.17) is 0 Å². The van der Waals surface area contributed by atoms with Crippen LogP contribution in [0.1, 0.15) is 16.5 Å². The van der Waals surface area contributed by atoms with E-state index >= 15 is 0 Å². The Bertz CT molecular complexity index is 932. The molecule has 0 aliphatic rings. The maximum Gasteiger partial charge on any atom is 0.418 e.